The summed E-state index contributed by atoms with van der Waals surface area (Å²) in [6.45, 7) is 0.322. The molecule has 1 aliphatic carbocycles. The Bertz CT molecular complexity index is 656. The highest BCUT2D eigenvalue weighted by atomic mass is 32.2. The smallest absolute Gasteiger partial charge is 0.243 e. The van der Waals surface area contributed by atoms with E-state index >= 15 is 0 Å². The molecule has 7 heteroatoms. The molecule has 2 aliphatic rings. The van der Waals surface area contributed by atoms with Gasteiger partial charge in [-0.05, 0) is 49.9 Å². The summed E-state index contributed by atoms with van der Waals surface area (Å²) in [6.07, 6.45) is 4.01. The molecular formula is C15H19FN2O3S. The van der Waals surface area contributed by atoms with Gasteiger partial charge in [-0.15, -0.1) is 0 Å². The lowest BCUT2D eigenvalue weighted by atomic mass is 10.0. The highest BCUT2D eigenvalue weighted by Gasteiger charge is 2.39. The number of rotatable bonds is 4. The lowest BCUT2D eigenvalue weighted by Gasteiger charge is -2.33. The summed E-state index contributed by atoms with van der Waals surface area (Å²) in [4.78, 5) is 12.3. The number of carbonyl (C=O) groups is 1. The summed E-state index contributed by atoms with van der Waals surface area (Å²) < 4.78 is 39.7. The van der Waals surface area contributed by atoms with E-state index in [4.69, 9.17) is 0 Å². The molecule has 120 valence electrons. The van der Waals surface area contributed by atoms with E-state index in [0.717, 1.165) is 37.8 Å². The predicted octanol–water partition coefficient (Wildman–Crippen LogP) is 1.65. The van der Waals surface area contributed by atoms with Crippen LogP contribution in [0.5, 0.6) is 0 Å². The van der Waals surface area contributed by atoms with Crippen molar-refractivity contribution >= 4 is 15.9 Å². The molecule has 3 rings (SSSR count). The van der Waals surface area contributed by atoms with E-state index < -0.39 is 21.9 Å². The third-order valence-corrected chi connectivity index (χ3v) is 6.02. The van der Waals surface area contributed by atoms with Crippen LogP contribution in [0, 0.1) is 5.82 Å². The van der Waals surface area contributed by atoms with E-state index in [0.29, 0.717) is 13.0 Å². The van der Waals surface area contributed by atoms with E-state index in [1.165, 1.54) is 16.4 Å². The molecule has 1 aromatic carbocycles. The predicted molar refractivity (Wildman–Crippen MR) is 79.1 cm³/mol. The van der Waals surface area contributed by atoms with Crippen LogP contribution in [0.4, 0.5) is 4.39 Å². The number of hydrogen-bond acceptors (Lipinski definition) is 3. The van der Waals surface area contributed by atoms with Crippen molar-refractivity contribution in [2.24, 2.45) is 0 Å². The molecule has 0 unspecified atom stereocenters. The molecular weight excluding hydrogens is 307 g/mol. The number of amides is 1. The van der Waals surface area contributed by atoms with Crippen LogP contribution in [0.2, 0.25) is 0 Å². The highest BCUT2D eigenvalue weighted by molar-refractivity contribution is 7.89. The molecule has 22 heavy (non-hydrogen) atoms. The van der Waals surface area contributed by atoms with Crippen molar-refractivity contribution in [1.29, 1.82) is 0 Å². The van der Waals surface area contributed by atoms with Gasteiger partial charge in [0.1, 0.15) is 11.9 Å². The maximum atomic E-state index is 13.0. The topological polar surface area (TPSA) is 66.5 Å². The SMILES string of the molecule is O=C(NC1CC1)[C@H]1CCCCN1S(=O)(=O)c1ccc(F)cc1. The molecule has 1 atom stereocenters. The normalized spacial score (nSPS) is 23.2. The number of nitrogens with one attached hydrogen (secondary N) is 1. The van der Waals surface area contributed by atoms with Gasteiger partial charge in [-0.1, -0.05) is 6.42 Å². The summed E-state index contributed by atoms with van der Waals surface area (Å²) in [6, 6.07) is 4.27. The number of nitrogens with zero attached hydrogens (tertiary/aromatic N) is 1. The number of benzene rings is 1. The fraction of sp³-hybridized carbons (Fsp3) is 0.533. The molecule has 0 bridgehead atoms. The molecule has 0 aromatic heterocycles. The Hall–Kier alpha value is -1.47. The van der Waals surface area contributed by atoms with Crippen molar-refractivity contribution < 1.29 is 17.6 Å². The Morgan fingerprint density at radius 3 is 2.45 bits per heavy atom. The minimum atomic E-state index is -3.78. The van der Waals surface area contributed by atoms with Gasteiger partial charge in [0, 0.05) is 12.6 Å². The number of carbonyl (C=O) groups excluding carboxylic acids is 1. The van der Waals surface area contributed by atoms with Crippen molar-refractivity contribution in [2.45, 2.75) is 49.1 Å². The largest absolute Gasteiger partial charge is 0.352 e. The summed E-state index contributed by atoms with van der Waals surface area (Å²) in [5.74, 6) is -0.700. The molecule has 1 N–H and O–H groups in total. The van der Waals surface area contributed by atoms with Gasteiger partial charge in [-0.3, -0.25) is 4.79 Å². The second-order valence-corrected chi connectivity index (χ2v) is 7.75. The van der Waals surface area contributed by atoms with Crippen LogP contribution in [-0.2, 0) is 14.8 Å². The van der Waals surface area contributed by atoms with Gasteiger partial charge < -0.3 is 5.32 Å². The van der Waals surface area contributed by atoms with Crippen LogP contribution < -0.4 is 5.32 Å². The lowest BCUT2D eigenvalue weighted by molar-refractivity contribution is -0.125. The van der Waals surface area contributed by atoms with Gasteiger partial charge in [0.15, 0.2) is 0 Å². The standard InChI is InChI=1S/C15H19FN2O3S/c16-11-4-8-13(9-5-11)22(20,21)18-10-2-1-3-14(18)15(19)17-12-6-7-12/h4-5,8-9,12,14H,1-3,6-7,10H2,(H,17,19)/t14-/m1/s1. The quantitative estimate of drug-likeness (QED) is 0.915. The van der Waals surface area contributed by atoms with E-state index in [-0.39, 0.29) is 16.8 Å². The van der Waals surface area contributed by atoms with E-state index in [1.54, 1.807) is 0 Å². The summed E-state index contributed by atoms with van der Waals surface area (Å²) >= 11 is 0. The average Bonchev–Trinajstić information content (AvgIpc) is 3.31. The molecule has 1 aliphatic heterocycles. The van der Waals surface area contributed by atoms with Crippen molar-refractivity contribution in [3.8, 4) is 0 Å². The molecule has 1 saturated heterocycles. The fourth-order valence-corrected chi connectivity index (χ4v) is 4.38. The van der Waals surface area contributed by atoms with E-state index in [2.05, 4.69) is 5.32 Å². The zero-order valence-electron chi connectivity index (χ0n) is 12.2. The molecule has 1 aromatic rings. The minimum Gasteiger partial charge on any atom is -0.352 e. The first-order chi connectivity index (χ1) is 10.5. The minimum absolute atomic E-state index is 0.0278. The van der Waals surface area contributed by atoms with Gasteiger partial charge in [0.25, 0.3) is 0 Å². The third-order valence-electron chi connectivity index (χ3n) is 4.10. The molecule has 2 fully saturated rings. The Labute approximate surface area is 129 Å². The van der Waals surface area contributed by atoms with E-state index in [1.807, 2.05) is 0 Å². The molecule has 1 heterocycles. The maximum Gasteiger partial charge on any atom is 0.243 e. The van der Waals surface area contributed by atoms with E-state index in [9.17, 15) is 17.6 Å². The van der Waals surface area contributed by atoms with Gasteiger partial charge >= 0.3 is 0 Å². The third kappa shape index (κ3) is 3.15. The lowest BCUT2D eigenvalue weighted by Crippen LogP contribution is -2.52. The van der Waals surface area contributed by atoms with Crippen molar-refractivity contribution in [3.05, 3.63) is 30.1 Å². The van der Waals surface area contributed by atoms with Crippen LogP contribution in [0.25, 0.3) is 0 Å². The molecule has 1 amide bonds. The second kappa shape index (κ2) is 5.96. The van der Waals surface area contributed by atoms with Crippen molar-refractivity contribution in [2.75, 3.05) is 6.54 Å². The second-order valence-electron chi connectivity index (χ2n) is 5.86. The highest BCUT2D eigenvalue weighted by Crippen LogP contribution is 2.27. The molecule has 1 saturated carbocycles. The van der Waals surface area contributed by atoms with Gasteiger partial charge in [0.05, 0.1) is 4.90 Å². The Morgan fingerprint density at radius 1 is 1.14 bits per heavy atom. The van der Waals surface area contributed by atoms with Crippen molar-refractivity contribution in [1.82, 2.24) is 9.62 Å². The zero-order valence-corrected chi connectivity index (χ0v) is 13.0. The first kappa shape index (κ1) is 15.4. The van der Waals surface area contributed by atoms with Crippen molar-refractivity contribution in [3.63, 3.8) is 0 Å². The zero-order chi connectivity index (χ0) is 15.7. The van der Waals surface area contributed by atoms with Crippen LogP contribution in [-0.4, -0.2) is 37.3 Å². The summed E-state index contributed by atoms with van der Waals surface area (Å²) in [7, 11) is -3.78. The Balaban J connectivity index is 1.85. The monoisotopic (exact) mass is 326 g/mol. The van der Waals surface area contributed by atoms with Crippen LogP contribution in [0.1, 0.15) is 32.1 Å². The van der Waals surface area contributed by atoms with Gasteiger partial charge in [0.2, 0.25) is 15.9 Å². The molecule has 5 nitrogen and oxygen atoms in total. The Kier molecular flexibility index (Phi) is 4.18. The van der Waals surface area contributed by atoms with Crippen LogP contribution >= 0.6 is 0 Å². The van der Waals surface area contributed by atoms with Gasteiger partial charge in [-0.2, -0.15) is 4.31 Å². The fourth-order valence-electron chi connectivity index (χ4n) is 2.72. The van der Waals surface area contributed by atoms with Crippen LogP contribution in [0.15, 0.2) is 29.2 Å². The summed E-state index contributed by atoms with van der Waals surface area (Å²) in [5, 5.41) is 2.88. The molecule has 0 spiro atoms. The first-order valence-electron chi connectivity index (χ1n) is 7.56. The number of hydrogen-bond donors (Lipinski definition) is 1. The first-order valence-corrected chi connectivity index (χ1v) is 9.00. The maximum absolute atomic E-state index is 13.0. The van der Waals surface area contributed by atoms with Gasteiger partial charge in [-0.25, -0.2) is 12.8 Å². The van der Waals surface area contributed by atoms with Crippen LogP contribution in [0.3, 0.4) is 0 Å². The number of piperidine rings is 1. The summed E-state index contributed by atoms with van der Waals surface area (Å²) in [5.41, 5.74) is 0. The average molecular weight is 326 g/mol. The Morgan fingerprint density at radius 2 is 1.82 bits per heavy atom. The number of halogens is 1. The number of sulfonamides is 1. The molecule has 0 radical (unpaired) electrons.